The van der Waals surface area contributed by atoms with Crippen molar-refractivity contribution in [2.45, 2.75) is 12.5 Å². The molecule has 1 aliphatic rings. The number of methoxy groups -OCH3 is 2. The molecule has 0 unspecified atom stereocenters. The van der Waals surface area contributed by atoms with Crippen molar-refractivity contribution < 1.29 is 35.7 Å². The van der Waals surface area contributed by atoms with E-state index in [9.17, 15) is 4.79 Å². The number of carbonyl (C=O) groups excluding carboxylic acids is 1. The molecule has 0 spiro atoms. The smallest absolute Gasteiger partial charge is 0.277 e. The largest absolute Gasteiger partial charge is 1.00 e. The summed E-state index contributed by atoms with van der Waals surface area (Å²) in [6.07, 6.45) is 0.899. The number of carbonyl (C=O) groups is 1. The third-order valence-corrected chi connectivity index (χ3v) is 5.57. The number of ether oxygens (including phenoxy) is 2. The van der Waals surface area contributed by atoms with Crippen LogP contribution in [-0.4, -0.2) is 63.7 Å². The molecule has 2 atom stereocenters. The van der Waals surface area contributed by atoms with E-state index >= 15 is 0 Å². The van der Waals surface area contributed by atoms with E-state index in [4.69, 9.17) is 9.47 Å². The fraction of sp³-hybridized carbons (Fsp3) is 0.409. The minimum atomic E-state index is 0. The van der Waals surface area contributed by atoms with E-state index in [2.05, 4.69) is 43.4 Å². The Morgan fingerprint density at radius 2 is 1.71 bits per heavy atom. The van der Waals surface area contributed by atoms with E-state index in [1.165, 1.54) is 16.7 Å². The summed E-state index contributed by atoms with van der Waals surface area (Å²) in [4.78, 5) is 14.3. The molecular formula is C22H29BrN2O3. The first-order chi connectivity index (χ1) is 12.9. The van der Waals surface area contributed by atoms with Crippen molar-refractivity contribution in [1.29, 1.82) is 0 Å². The van der Waals surface area contributed by atoms with Crippen LogP contribution in [0.5, 0.6) is 11.5 Å². The number of fused-ring (bicyclic) bond motifs is 1. The van der Waals surface area contributed by atoms with E-state index in [-0.39, 0.29) is 28.9 Å². The van der Waals surface area contributed by atoms with Crippen molar-refractivity contribution in [3.8, 4) is 11.5 Å². The third-order valence-electron chi connectivity index (χ3n) is 5.57. The molecule has 6 heteroatoms. The van der Waals surface area contributed by atoms with Gasteiger partial charge < -0.3 is 35.8 Å². The van der Waals surface area contributed by atoms with Gasteiger partial charge in [0.15, 0.2) is 18.0 Å². The van der Waals surface area contributed by atoms with E-state index in [0.717, 1.165) is 24.5 Å². The van der Waals surface area contributed by atoms with Gasteiger partial charge in [-0.3, -0.25) is 4.79 Å². The van der Waals surface area contributed by atoms with Crippen LogP contribution in [0.3, 0.4) is 0 Å². The average molecular weight is 449 g/mol. The van der Waals surface area contributed by atoms with Gasteiger partial charge in [-0.2, -0.15) is 0 Å². The Morgan fingerprint density at radius 3 is 2.29 bits per heavy atom. The number of halogens is 1. The first-order valence-electron chi connectivity index (χ1n) is 9.23. The van der Waals surface area contributed by atoms with Gasteiger partial charge >= 0.3 is 0 Å². The van der Waals surface area contributed by atoms with E-state index in [0.29, 0.717) is 11.0 Å². The van der Waals surface area contributed by atoms with E-state index in [1.807, 2.05) is 20.2 Å². The van der Waals surface area contributed by atoms with Crippen LogP contribution in [0.2, 0.25) is 0 Å². The van der Waals surface area contributed by atoms with Crippen LogP contribution in [0.4, 0.5) is 0 Å². The third kappa shape index (κ3) is 4.18. The van der Waals surface area contributed by atoms with Crippen LogP contribution >= 0.6 is 0 Å². The highest BCUT2D eigenvalue weighted by Crippen LogP contribution is 2.43. The average Bonchev–Trinajstić information content (AvgIpc) is 2.67. The molecule has 0 N–H and O–H groups in total. The molecule has 0 radical (unpaired) electrons. The van der Waals surface area contributed by atoms with Crippen LogP contribution in [0, 0.1) is 0 Å². The van der Waals surface area contributed by atoms with Gasteiger partial charge in [-0.15, -0.1) is 0 Å². The number of benzene rings is 2. The molecule has 0 aliphatic carbocycles. The summed E-state index contributed by atoms with van der Waals surface area (Å²) >= 11 is 0. The lowest BCUT2D eigenvalue weighted by Gasteiger charge is -2.45. The van der Waals surface area contributed by atoms with E-state index < -0.39 is 0 Å². The molecule has 0 saturated carbocycles. The second-order valence-corrected chi connectivity index (χ2v) is 7.62. The van der Waals surface area contributed by atoms with E-state index in [1.54, 1.807) is 19.1 Å². The first-order valence-corrected chi connectivity index (χ1v) is 9.23. The lowest BCUT2D eigenvalue weighted by atomic mass is 9.85. The highest BCUT2D eigenvalue weighted by molar-refractivity contribution is 5.76. The number of nitrogens with zero attached hydrogens (tertiary/aromatic N) is 2. The molecule has 3 rings (SSSR count). The minimum Gasteiger partial charge on any atom is -1.00 e. The SMILES string of the molecule is COc1cc2c(cc1OC)[C@@H](c1ccccc1)[N@+](C)(CC(=O)N(C)C)CC2.[Br-]. The summed E-state index contributed by atoms with van der Waals surface area (Å²) in [7, 11) is 9.14. The fourth-order valence-corrected chi connectivity index (χ4v) is 4.04. The second-order valence-electron chi connectivity index (χ2n) is 7.62. The standard InChI is InChI=1S/C22H29N2O3.BrH/c1-23(2)21(25)15-24(3)12-11-17-13-19(26-4)20(27-5)14-18(17)22(24)16-9-7-6-8-10-16;/h6-10,13-14,22H,11-12,15H2,1-5H3;1H/q+1;/p-1/t22-,24+;/m1./s1. The predicted octanol–water partition coefficient (Wildman–Crippen LogP) is -0.112. The summed E-state index contributed by atoms with van der Waals surface area (Å²) in [5.41, 5.74) is 3.67. The van der Waals surface area contributed by atoms with Crippen molar-refractivity contribution in [1.82, 2.24) is 4.90 Å². The second kappa shape index (κ2) is 8.97. The van der Waals surface area contributed by atoms with Crippen LogP contribution < -0.4 is 26.5 Å². The first kappa shape index (κ1) is 22.2. The molecule has 0 bridgehead atoms. The fourth-order valence-electron chi connectivity index (χ4n) is 4.04. The van der Waals surface area contributed by atoms with Crippen LogP contribution in [0.1, 0.15) is 22.7 Å². The minimum absolute atomic E-state index is 0. The lowest BCUT2D eigenvalue weighted by Crippen LogP contribution is -3.00. The Hall–Kier alpha value is -2.05. The molecule has 0 fully saturated rings. The summed E-state index contributed by atoms with van der Waals surface area (Å²) < 4.78 is 11.7. The summed E-state index contributed by atoms with van der Waals surface area (Å²) in [6, 6.07) is 14.7. The molecule has 1 aliphatic heterocycles. The summed E-state index contributed by atoms with van der Waals surface area (Å²) in [5.74, 6) is 1.62. The highest BCUT2D eigenvalue weighted by atomic mass is 79.9. The zero-order valence-electron chi connectivity index (χ0n) is 17.2. The van der Waals surface area contributed by atoms with Crippen molar-refractivity contribution in [2.24, 2.45) is 0 Å². The van der Waals surface area contributed by atoms with Crippen molar-refractivity contribution in [3.63, 3.8) is 0 Å². The predicted molar refractivity (Wildman–Crippen MR) is 106 cm³/mol. The van der Waals surface area contributed by atoms with Gasteiger partial charge in [0.25, 0.3) is 5.91 Å². The Bertz CT molecular complexity index is 826. The monoisotopic (exact) mass is 448 g/mol. The van der Waals surface area contributed by atoms with Gasteiger partial charge in [-0.25, -0.2) is 0 Å². The van der Waals surface area contributed by atoms with Gasteiger partial charge in [0.05, 0.1) is 27.8 Å². The molecular weight excluding hydrogens is 420 g/mol. The molecule has 5 nitrogen and oxygen atoms in total. The number of quaternary nitrogens is 1. The van der Waals surface area contributed by atoms with Gasteiger partial charge in [0.1, 0.15) is 6.04 Å². The van der Waals surface area contributed by atoms with Crippen LogP contribution in [0.25, 0.3) is 0 Å². The normalized spacial score (nSPS) is 20.5. The number of likely N-dealkylation sites (N-methyl/N-ethyl adjacent to an activating group) is 2. The van der Waals surface area contributed by atoms with Crippen molar-refractivity contribution in [2.75, 3.05) is 48.5 Å². The molecule has 2 aromatic carbocycles. The quantitative estimate of drug-likeness (QED) is 0.599. The van der Waals surface area contributed by atoms with Gasteiger partial charge in [-0.1, -0.05) is 30.3 Å². The van der Waals surface area contributed by atoms with Crippen molar-refractivity contribution >= 4 is 5.91 Å². The molecule has 152 valence electrons. The highest BCUT2D eigenvalue weighted by Gasteiger charge is 2.42. The maximum absolute atomic E-state index is 12.6. The number of hydrogen-bond donors (Lipinski definition) is 0. The Labute approximate surface area is 178 Å². The molecule has 2 aromatic rings. The van der Waals surface area contributed by atoms with Gasteiger partial charge in [0.2, 0.25) is 0 Å². The zero-order chi connectivity index (χ0) is 19.6. The summed E-state index contributed by atoms with van der Waals surface area (Å²) in [5, 5.41) is 0. The Kier molecular flexibility index (Phi) is 7.12. The molecule has 28 heavy (non-hydrogen) atoms. The van der Waals surface area contributed by atoms with Crippen molar-refractivity contribution in [3.05, 3.63) is 59.2 Å². The van der Waals surface area contributed by atoms with Crippen LogP contribution in [-0.2, 0) is 11.2 Å². The van der Waals surface area contributed by atoms with Crippen LogP contribution in [0.15, 0.2) is 42.5 Å². The maximum atomic E-state index is 12.6. The molecule has 0 aromatic heterocycles. The van der Waals surface area contributed by atoms with Gasteiger partial charge in [0, 0.05) is 31.6 Å². The molecule has 1 amide bonds. The number of rotatable bonds is 5. The summed E-state index contributed by atoms with van der Waals surface area (Å²) in [6.45, 7) is 1.35. The topological polar surface area (TPSA) is 38.8 Å². The zero-order valence-corrected chi connectivity index (χ0v) is 18.8. The Morgan fingerprint density at radius 1 is 1.11 bits per heavy atom. The molecule has 0 saturated heterocycles. The van der Waals surface area contributed by atoms with Gasteiger partial charge in [-0.05, 0) is 17.7 Å². The lowest BCUT2D eigenvalue weighted by molar-refractivity contribution is -0.928. The number of hydrogen-bond acceptors (Lipinski definition) is 3. The molecule has 1 heterocycles. The maximum Gasteiger partial charge on any atom is 0.277 e. The Balaban J connectivity index is 0.00000280. The number of amides is 1.